The van der Waals surface area contributed by atoms with Crippen molar-refractivity contribution in [2.45, 2.75) is 20.4 Å². The van der Waals surface area contributed by atoms with Gasteiger partial charge >= 0.3 is 5.97 Å². The van der Waals surface area contributed by atoms with Gasteiger partial charge in [-0.05, 0) is 46.1 Å². The van der Waals surface area contributed by atoms with Crippen LogP contribution in [0.15, 0.2) is 40.8 Å². The summed E-state index contributed by atoms with van der Waals surface area (Å²) in [6.45, 7) is 4.15. The van der Waals surface area contributed by atoms with Crippen LogP contribution in [0.5, 0.6) is 0 Å². The zero-order valence-electron chi connectivity index (χ0n) is 18.9. The van der Waals surface area contributed by atoms with Gasteiger partial charge in [-0.25, -0.2) is 4.79 Å². The summed E-state index contributed by atoms with van der Waals surface area (Å²) in [6.07, 6.45) is 1.48. The smallest absolute Gasteiger partial charge is 0.357 e. The summed E-state index contributed by atoms with van der Waals surface area (Å²) in [4.78, 5) is 38.2. The van der Waals surface area contributed by atoms with E-state index < -0.39 is 5.97 Å². The number of carbonyl (C=O) groups excluding carboxylic acids is 2. The fourth-order valence-corrected chi connectivity index (χ4v) is 3.66. The first-order valence-electron chi connectivity index (χ1n) is 10.1. The second-order valence-electron chi connectivity index (χ2n) is 6.92. The van der Waals surface area contributed by atoms with E-state index in [1.165, 1.54) is 10.8 Å². The van der Waals surface area contributed by atoms with Crippen molar-refractivity contribution in [1.29, 1.82) is 5.26 Å². The maximum atomic E-state index is 12.7. The Morgan fingerprint density at radius 1 is 1.27 bits per heavy atom. The van der Waals surface area contributed by atoms with Crippen molar-refractivity contribution in [1.82, 2.24) is 9.47 Å². The minimum Gasteiger partial charge on any atom is -0.461 e. The molecule has 2 N–H and O–H groups in total. The zero-order valence-corrected chi connectivity index (χ0v) is 19.7. The number of thiazole rings is 1. The molecular formula is C23H25N5O4S. The van der Waals surface area contributed by atoms with E-state index >= 15 is 0 Å². The number of rotatable bonds is 8. The Morgan fingerprint density at radius 2 is 2.00 bits per heavy atom. The molecule has 1 heterocycles. The lowest BCUT2D eigenvalue weighted by Crippen LogP contribution is -2.30. The number of esters is 1. The number of likely N-dealkylation sites (N-methyl/N-ethyl adjacent to an activating group) is 1. The maximum absolute atomic E-state index is 12.7. The highest BCUT2D eigenvalue weighted by molar-refractivity contribution is 7.07. The molecule has 2 aromatic rings. The van der Waals surface area contributed by atoms with Crippen LogP contribution in [-0.2, 0) is 20.9 Å². The van der Waals surface area contributed by atoms with E-state index in [0.29, 0.717) is 22.6 Å². The number of nitriles is 1. The van der Waals surface area contributed by atoms with Crippen LogP contribution < -0.4 is 25.4 Å². The molecule has 0 unspecified atom stereocenters. The molecule has 0 fully saturated rings. The number of ether oxygens (including phenoxy) is 1. The molecule has 33 heavy (non-hydrogen) atoms. The first kappa shape index (κ1) is 25.4. The summed E-state index contributed by atoms with van der Waals surface area (Å²) in [6, 6.07) is 8.88. The van der Waals surface area contributed by atoms with Gasteiger partial charge in [-0.15, -0.1) is 0 Å². The molecule has 0 atom stereocenters. The lowest BCUT2D eigenvalue weighted by Gasteiger charge is -2.10. The highest BCUT2D eigenvalue weighted by Crippen LogP contribution is 2.14. The van der Waals surface area contributed by atoms with Crippen molar-refractivity contribution in [3.63, 3.8) is 0 Å². The summed E-state index contributed by atoms with van der Waals surface area (Å²) in [7, 11) is 3.62. The van der Waals surface area contributed by atoms with Gasteiger partial charge in [0.15, 0.2) is 5.57 Å². The highest BCUT2D eigenvalue weighted by atomic mass is 32.1. The second-order valence-corrected chi connectivity index (χ2v) is 7.92. The minimum absolute atomic E-state index is 0.130. The van der Waals surface area contributed by atoms with E-state index in [1.807, 2.05) is 14.1 Å². The second kappa shape index (κ2) is 12.2. The van der Waals surface area contributed by atoms with E-state index in [9.17, 15) is 19.6 Å². The zero-order chi connectivity index (χ0) is 24.4. The largest absolute Gasteiger partial charge is 0.461 e. The number of amides is 1. The molecule has 2 rings (SSSR count). The highest BCUT2D eigenvalue weighted by Gasteiger charge is 2.10. The molecule has 172 valence electrons. The van der Waals surface area contributed by atoms with E-state index in [2.05, 4.69) is 22.1 Å². The normalized spacial score (nSPS) is 9.94. The van der Waals surface area contributed by atoms with E-state index in [4.69, 9.17) is 4.74 Å². The third kappa shape index (κ3) is 7.35. The summed E-state index contributed by atoms with van der Waals surface area (Å²) < 4.78 is 6.85. The standard InChI is InChI=1S/C23H25N5O4S/c1-5-28-21(12-16(14-24)23(31)32-6-2)33-19(22(28)30)10-11-25-17-8-7-9-18(13-17)26-20(29)15-27(3)4/h7-9,11,13,25H,5-6,15H2,1-4H3,(H,26,29). The Hall–Kier alpha value is -3.86. The van der Waals surface area contributed by atoms with Crippen LogP contribution in [-0.4, -0.2) is 48.6 Å². The van der Waals surface area contributed by atoms with Crippen molar-refractivity contribution in [2.24, 2.45) is 0 Å². The number of hydrogen-bond donors (Lipinski definition) is 2. The van der Waals surface area contributed by atoms with Crippen LogP contribution in [0.25, 0.3) is 11.5 Å². The molecule has 1 aromatic carbocycles. The Bertz CT molecular complexity index is 1320. The molecule has 0 aliphatic rings. The summed E-state index contributed by atoms with van der Waals surface area (Å²) >= 11 is 1.06. The third-order valence-electron chi connectivity index (χ3n) is 4.07. The third-order valence-corrected chi connectivity index (χ3v) is 5.08. The van der Waals surface area contributed by atoms with E-state index in [0.717, 1.165) is 11.3 Å². The van der Waals surface area contributed by atoms with E-state index in [1.54, 1.807) is 49.1 Å². The summed E-state index contributed by atoms with van der Waals surface area (Å²) in [5.74, 6) is -0.918. The molecule has 0 bridgehead atoms. The van der Waals surface area contributed by atoms with Crippen LogP contribution in [0.4, 0.5) is 11.4 Å². The predicted octanol–water partition coefficient (Wildman–Crippen LogP) is 0.827. The van der Waals surface area contributed by atoms with Crippen LogP contribution in [0.2, 0.25) is 0 Å². The van der Waals surface area contributed by atoms with Gasteiger partial charge in [0, 0.05) is 24.1 Å². The van der Waals surface area contributed by atoms with Gasteiger partial charge in [-0.1, -0.05) is 28.9 Å². The van der Waals surface area contributed by atoms with Gasteiger partial charge in [0.25, 0.3) is 5.56 Å². The number of nitrogens with one attached hydrogen (secondary N) is 2. The van der Waals surface area contributed by atoms with Crippen LogP contribution in [0, 0.1) is 11.3 Å². The number of carbonyl (C=O) groups is 2. The first-order chi connectivity index (χ1) is 15.8. The number of aromatic nitrogens is 1. The Morgan fingerprint density at radius 3 is 2.64 bits per heavy atom. The maximum Gasteiger partial charge on any atom is 0.357 e. The monoisotopic (exact) mass is 467 g/mol. The average molecular weight is 468 g/mol. The lowest BCUT2D eigenvalue weighted by atomic mass is 10.2. The van der Waals surface area contributed by atoms with Gasteiger partial charge in [0.05, 0.1) is 13.2 Å². The molecular weight excluding hydrogens is 442 g/mol. The van der Waals surface area contributed by atoms with Crippen molar-refractivity contribution >= 4 is 46.1 Å². The molecule has 9 nitrogen and oxygen atoms in total. The molecule has 1 aromatic heterocycles. The van der Waals surface area contributed by atoms with Crippen LogP contribution >= 0.6 is 11.3 Å². The molecule has 0 saturated carbocycles. The first-order valence-corrected chi connectivity index (χ1v) is 10.9. The Balaban J connectivity index is 2.39. The van der Waals surface area contributed by atoms with Crippen molar-refractivity contribution in [3.8, 4) is 6.07 Å². The number of anilines is 2. The minimum atomic E-state index is -0.788. The van der Waals surface area contributed by atoms with Crippen molar-refractivity contribution < 1.29 is 14.3 Å². The summed E-state index contributed by atoms with van der Waals surface area (Å²) in [5.41, 5.74) is 6.29. The van der Waals surface area contributed by atoms with Gasteiger partial charge in [0.1, 0.15) is 15.3 Å². The molecule has 0 saturated heterocycles. The van der Waals surface area contributed by atoms with Gasteiger partial charge in [-0.2, -0.15) is 5.26 Å². The molecule has 10 heteroatoms. The number of nitrogens with zero attached hydrogens (tertiary/aromatic N) is 3. The van der Waals surface area contributed by atoms with E-state index in [-0.39, 0.29) is 34.7 Å². The molecule has 0 radical (unpaired) electrons. The Kier molecular flexibility index (Phi) is 9.43. The van der Waals surface area contributed by atoms with Crippen molar-refractivity contribution in [3.05, 3.63) is 55.6 Å². The van der Waals surface area contributed by atoms with Gasteiger partial charge in [0.2, 0.25) is 5.91 Å². The predicted molar refractivity (Wildman–Crippen MR) is 128 cm³/mol. The van der Waals surface area contributed by atoms with Crippen LogP contribution in [0.1, 0.15) is 13.8 Å². The molecule has 0 aliphatic heterocycles. The quantitative estimate of drug-likeness (QED) is 0.336. The number of benzene rings is 1. The SMILES string of the molecule is CCOC(=O)C(=C=c1sc(=C=CNc2cccc(NC(=O)CN(C)C)c2)c(=O)n1CC)C#N. The summed E-state index contributed by atoms with van der Waals surface area (Å²) in [5, 5.41) is 15.0. The van der Waals surface area contributed by atoms with Crippen molar-refractivity contribution in [2.75, 3.05) is 37.9 Å². The van der Waals surface area contributed by atoms with Gasteiger partial charge < -0.3 is 20.3 Å². The van der Waals surface area contributed by atoms with Gasteiger partial charge in [-0.3, -0.25) is 14.2 Å². The topological polar surface area (TPSA) is 116 Å². The number of hydrogen-bond acceptors (Lipinski definition) is 8. The fourth-order valence-electron chi connectivity index (χ4n) is 2.68. The van der Waals surface area contributed by atoms with Crippen LogP contribution in [0.3, 0.4) is 0 Å². The fraction of sp³-hybridized carbons (Fsp3) is 0.304. The average Bonchev–Trinajstić information content (AvgIpc) is 3.05. The lowest BCUT2D eigenvalue weighted by molar-refractivity contribution is -0.137. The molecule has 0 spiro atoms. The Labute approximate surface area is 195 Å². The molecule has 0 aliphatic carbocycles. The molecule has 1 amide bonds.